The number of fused-ring (bicyclic) bond motifs is 1. The van der Waals surface area contributed by atoms with Crippen LogP contribution < -0.4 is 11.1 Å². The number of nitrogens with one attached hydrogen (secondary N) is 2. The molecule has 2 aromatic carbocycles. The number of amides is 1. The third-order valence-electron chi connectivity index (χ3n) is 3.35. The van der Waals surface area contributed by atoms with Crippen LogP contribution in [0.5, 0.6) is 0 Å². The van der Waals surface area contributed by atoms with Crippen LogP contribution in [0, 0.1) is 0 Å². The molecule has 1 aromatic heterocycles. The highest BCUT2D eigenvalue weighted by atomic mass is 35.5. The van der Waals surface area contributed by atoms with Crippen LogP contribution in [0.2, 0.25) is 5.02 Å². The van der Waals surface area contributed by atoms with E-state index in [2.05, 4.69) is 28.5 Å². The van der Waals surface area contributed by atoms with Gasteiger partial charge in [-0.1, -0.05) is 17.7 Å². The first-order valence-corrected chi connectivity index (χ1v) is 6.90. The van der Waals surface area contributed by atoms with Crippen LogP contribution in [-0.2, 0) is 6.54 Å². The zero-order valence-corrected chi connectivity index (χ0v) is 11.9. The van der Waals surface area contributed by atoms with Gasteiger partial charge in [0.25, 0.3) is 0 Å². The number of halogens is 1. The highest BCUT2D eigenvalue weighted by molar-refractivity contribution is 6.34. The molecule has 21 heavy (non-hydrogen) atoms. The molecule has 0 bridgehead atoms. The largest absolute Gasteiger partial charge is 0.381 e. The molecule has 106 valence electrons. The fourth-order valence-electron chi connectivity index (χ4n) is 2.24. The van der Waals surface area contributed by atoms with Crippen LogP contribution in [0.15, 0.2) is 48.7 Å². The maximum absolute atomic E-state index is 11.1. The summed E-state index contributed by atoms with van der Waals surface area (Å²) in [6.07, 6.45) is 1.92. The van der Waals surface area contributed by atoms with Crippen molar-refractivity contribution in [2.45, 2.75) is 6.54 Å². The number of H-pyrrole nitrogens is 1. The average molecular weight is 300 g/mol. The molecule has 0 radical (unpaired) electrons. The van der Waals surface area contributed by atoms with Crippen molar-refractivity contribution in [2.75, 3.05) is 5.32 Å². The van der Waals surface area contributed by atoms with Crippen molar-refractivity contribution < 1.29 is 4.79 Å². The number of hydrogen-bond donors (Lipinski definition) is 3. The Morgan fingerprint density at radius 1 is 1.19 bits per heavy atom. The van der Waals surface area contributed by atoms with Crippen molar-refractivity contribution in [3.8, 4) is 0 Å². The van der Waals surface area contributed by atoms with Gasteiger partial charge in [0.05, 0.1) is 10.6 Å². The van der Waals surface area contributed by atoms with E-state index in [1.54, 1.807) is 18.2 Å². The van der Waals surface area contributed by atoms with E-state index in [4.69, 9.17) is 17.3 Å². The Labute approximate surface area is 126 Å². The first kappa shape index (κ1) is 13.5. The summed E-state index contributed by atoms with van der Waals surface area (Å²) in [6.45, 7) is 0.674. The van der Waals surface area contributed by atoms with Gasteiger partial charge >= 0.3 is 0 Å². The summed E-state index contributed by atoms with van der Waals surface area (Å²) in [7, 11) is 0. The number of carbonyl (C=O) groups is 1. The number of anilines is 1. The van der Waals surface area contributed by atoms with E-state index < -0.39 is 5.91 Å². The molecule has 3 rings (SSSR count). The highest BCUT2D eigenvalue weighted by Crippen LogP contribution is 2.21. The number of aromatic nitrogens is 1. The second-order valence-corrected chi connectivity index (χ2v) is 5.22. The van der Waals surface area contributed by atoms with Gasteiger partial charge in [-0.3, -0.25) is 4.79 Å². The number of rotatable bonds is 4. The molecule has 0 saturated carbocycles. The minimum atomic E-state index is -0.524. The Bertz CT molecular complexity index is 810. The summed E-state index contributed by atoms with van der Waals surface area (Å²) in [4.78, 5) is 14.3. The summed E-state index contributed by atoms with van der Waals surface area (Å²) in [6, 6.07) is 13.4. The maximum Gasteiger partial charge on any atom is 0.250 e. The normalized spacial score (nSPS) is 10.7. The molecule has 0 atom stereocenters. The molecule has 0 aliphatic rings. The van der Waals surface area contributed by atoms with Crippen LogP contribution in [0.1, 0.15) is 15.9 Å². The molecule has 1 heterocycles. The number of carbonyl (C=O) groups excluding carboxylic acids is 1. The van der Waals surface area contributed by atoms with E-state index in [0.29, 0.717) is 17.1 Å². The van der Waals surface area contributed by atoms with Gasteiger partial charge in [0.2, 0.25) is 5.91 Å². The highest BCUT2D eigenvalue weighted by Gasteiger charge is 2.07. The van der Waals surface area contributed by atoms with Crippen LogP contribution in [0.25, 0.3) is 10.9 Å². The van der Waals surface area contributed by atoms with E-state index >= 15 is 0 Å². The van der Waals surface area contributed by atoms with Gasteiger partial charge in [-0.15, -0.1) is 0 Å². The molecule has 1 amide bonds. The van der Waals surface area contributed by atoms with Crippen molar-refractivity contribution >= 4 is 34.1 Å². The van der Waals surface area contributed by atoms with Gasteiger partial charge in [-0.25, -0.2) is 0 Å². The van der Waals surface area contributed by atoms with Gasteiger partial charge in [0.1, 0.15) is 0 Å². The van der Waals surface area contributed by atoms with Crippen molar-refractivity contribution in [3.05, 3.63) is 64.8 Å². The van der Waals surface area contributed by atoms with Crippen LogP contribution in [0.3, 0.4) is 0 Å². The summed E-state index contributed by atoms with van der Waals surface area (Å²) in [5, 5.41) is 4.81. The topological polar surface area (TPSA) is 70.9 Å². The van der Waals surface area contributed by atoms with E-state index in [9.17, 15) is 4.79 Å². The number of aromatic amines is 1. The Hall–Kier alpha value is -2.46. The molecule has 0 unspecified atom stereocenters. The molecular weight excluding hydrogens is 286 g/mol. The van der Waals surface area contributed by atoms with Gasteiger partial charge in [0.15, 0.2) is 0 Å². The first-order valence-electron chi connectivity index (χ1n) is 6.53. The zero-order valence-electron chi connectivity index (χ0n) is 11.2. The van der Waals surface area contributed by atoms with E-state index in [1.165, 1.54) is 5.39 Å². The number of benzene rings is 2. The van der Waals surface area contributed by atoms with Gasteiger partial charge in [-0.2, -0.15) is 0 Å². The van der Waals surface area contributed by atoms with Crippen molar-refractivity contribution in [1.29, 1.82) is 0 Å². The molecule has 0 aliphatic carbocycles. The van der Waals surface area contributed by atoms with Crippen molar-refractivity contribution in [3.63, 3.8) is 0 Å². The van der Waals surface area contributed by atoms with Crippen LogP contribution in [-0.4, -0.2) is 10.9 Å². The van der Waals surface area contributed by atoms with Gasteiger partial charge in [0, 0.05) is 23.9 Å². The van der Waals surface area contributed by atoms with Crippen LogP contribution in [0.4, 0.5) is 5.69 Å². The summed E-state index contributed by atoms with van der Waals surface area (Å²) in [5.41, 5.74) is 8.68. The second kappa shape index (κ2) is 5.50. The summed E-state index contributed by atoms with van der Waals surface area (Å²) >= 11 is 6.02. The average Bonchev–Trinajstić information content (AvgIpc) is 2.92. The van der Waals surface area contributed by atoms with E-state index in [0.717, 1.165) is 16.8 Å². The molecule has 5 heteroatoms. The minimum absolute atomic E-state index is 0.330. The predicted molar refractivity (Wildman–Crippen MR) is 85.6 cm³/mol. The molecule has 0 fully saturated rings. The minimum Gasteiger partial charge on any atom is -0.381 e. The summed E-state index contributed by atoms with van der Waals surface area (Å²) in [5.74, 6) is -0.524. The molecule has 4 N–H and O–H groups in total. The molecule has 0 saturated heterocycles. The lowest BCUT2D eigenvalue weighted by Gasteiger charge is -2.08. The molecule has 0 spiro atoms. The quantitative estimate of drug-likeness (QED) is 0.689. The smallest absolute Gasteiger partial charge is 0.250 e. The third-order valence-corrected chi connectivity index (χ3v) is 3.66. The van der Waals surface area contributed by atoms with Gasteiger partial charge in [-0.05, 0) is 47.3 Å². The third kappa shape index (κ3) is 2.85. The standard InChI is InChI=1S/C16H14ClN3O/c17-14-8-12(2-3-13(14)16(18)21)20-9-10-1-4-15-11(7-10)5-6-19-15/h1-8,19-20H,9H2,(H2,18,21). The van der Waals surface area contributed by atoms with Crippen molar-refractivity contribution in [2.24, 2.45) is 5.73 Å². The monoisotopic (exact) mass is 299 g/mol. The molecule has 3 aromatic rings. The number of hydrogen-bond acceptors (Lipinski definition) is 2. The summed E-state index contributed by atoms with van der Waals surface area (Å²) < 4.78 is 0. The van der Waals surface area contributed by atoms with E-state index in [-0.39, 0.29) is 0 Å². The zero-order chi connectivity index (χ0) is 14.8. The fraction of sp³-hybridized carbons (Fsp3) is 0.0625. The Morgan fingerprint density at radius 3 is 2.81 bits per heavy atom. The lowest BCUT2D eigenvalue weighted by atomic mass is 10.1. The Morgan fingerprint density at radius 2 is 2.05 bits per heavy atom. The van der Waals surface area contributed by atoms with E-state index in [1.807, 2.05) is 12.3 Å². The molecule has 4 nitrogen and oxygen atoms in total. The lowest BCUT2D eigenvalue weighted by Crippen LogP contribution is -2.11. The first-order chi connectivity index (χ1) is 10.1. The van der Waals surface area contributed by atoms with Gasteiger partial charge < -0.3 is 16.0 Å². The lowest BCUT2D eigenvalue weighted by molar-refractivity contribution is 0.100. The maximum atomic E-state index is 11.1. The second-order valence-electron chi connectivity index (χ2n) is 4.81. The Kier molecular flexibility index (Phi) is 3.54. The molecule has 0 aliphatic heterocycles. The van der Waals surface area contributed by atoms with Crippen molar-refractivity contribution in [1.82, 2.24) is 4.98 Å². The van der Waals surface area contributed by atoms with Crippen LogP contribution >= 0.6 is 11.6 Å². The fourth-order valence-corrected chi connectivity index (χ4v) is 2.52. The molecular formula is C16H14ClN3O. The Balaban J connectivity index is 1.75. The predicted octanol–water partition coefficient (Wildman–Crippen LogP) is 3.53. The number of primary amides is 1. The number of nitrogens with two attached hydrogens (primary N) is 1. The SMILES string of the molecule is NC(=O)c1ccc(NCc2ccc3[nH]ccc3c2)cc1Cl.